The predicted molar refractivity (Wildman–Crippen MR) is 120 cm³/mol. The average molecular weight is 459 g/mol. The number of ether oxygens (including phenoxy) is 1. The van der Waals surface area contributed by atoms with Crippen LogP contribution in [0.2, 0.25) is 5.02 Å². The van der Waals surface area contributed by atoms with Crippen molar-refractivity contribution in [2.45, 2.75) is 6.04 Å². The van der Waals surface area contributed by atoms with Gasteiger partial charge in [-0.25, -0.2) is 14.0 Å². The first kappa shape index (κ1) is 22.1. The van der Waals surface area contributed by atoms with E-state index in [0.29, 0.717) is 22.8 Å². The van der Waals surface area contributed by atoms with Crippen LogP contribution in [0.4, 0.5) is 14.9 Å². The number of hydrogen-bond donors (Lipinski definition) is 2. The molecule has 2 amide bonds. The van der Waals surface area contributed by atoms with Gasteiger partial charge in [-0.05, 0) is 35.9 Å². The van der Waals surface area contributed by atoms with E-state index < -0.39 is 23.9 Å². The van der Waals surface area contributed by atoms with E-state index in [2.05, 4.69) is 20.4 Å². The number of esters is 1. The highest BCUT2D eigenvalue weighted by Gasteiger charge is 2.34. The van der Waals surface area contributed by atoms with Crippen molar-refractivity contribution in [1.82, 2.24) is 15.5 Å². The zero-order valence-electron chi connectivity index (χ0n) is 17.6. The molecule has 2 aliphatic rings. The number of nitrogens with zero attached hydrogens (tertiary/aromatic N) is 2. The molecule has 2 aromatic carbocycles. The van der Waals surface area contributed by atoms with Crippen LogP contribution in [0, 0.1) is 5.82 Å². The number of halogens is 2. The normalized spacial score (nSPS) is 19.4. The number of urea groups is 1. The number of nitrogens with one attached hydrogen (secondary N) is 2. The lowest BCUT2D eigenvalue weighted by molar-refractivity contribution is -0.136. The number of carbonyl (C=O) groups is 2. The minimum absolute atomic E-state index is 0.273. The number of anilines is 1. The molecule has 0 bridgehead atoms. The summed E-state index contributed by atoms with van der Waals surface area (Å²) in [5, 5.41) is 6.16. The summed E-state index contributed by atoms with van der Waals surface area (Å²) in [7, 11) is 1.29. The van der Waals surface area contributed by atoms with E-state index >= 15 is 0 Å². The molecule has 32 heavy (non-hydrogen) atoms. The fourth-order valence-electron chi connectivity index (χ4n) is 4.09. The van der Waals surface area contributed by atoms with Crippen LogP contribution in [0.25, 0.3) is 0 Å². The van der Waals surface area contributed by atoms with Gasteiger partial charge in [-0.3, -0.25) is 4.90 Å². The Morgan fingerprint density at radius 3 is 2.59 bits per heavy atom. The monoisotopic (exact) mass is 458 g/mol. The number of rotatable bonds is 5. The first-order valence-electron chi connectivity index (χ1n) is 10.3. The molecule has 4 rings (SSSR count). The van der Waals surface area contributed by atoms with Crippen LogP contribution in [0.15, 0.2) is 59.8 Å². The zero-order valence-corrected chi connectivity index (χ0v) is 18.4. The van der Waals surface area contributed by atoms with Crippen molar-refractivity contribution in [3.8, 4) is 0 Å². The Bertz CT molecular complexity index is 1050. The molecular formula is C23H24ClFN4O3. The fourth-order valence-corrected chi connectivity index (χ4v) is 4.27. The molecule has 1 atom stereocenters. The number of amides is 2. The predicted octanol–water partition coefficient (Wildman–Crippen LogP) is 3.08. The highest BCUT2D eigenvalue weighted by atomic mass is 35.5. The summed E-state index contributed by atoms with van der Waals surface area (Å²) in [6.45, 7) is 3.39. The Balaban J connectivity index is 1.55. The summed E-state index contributed by atoms with van der Waals surface area (Å²) < 4.78 is 18.8. The second kappa shape index (κ2) is 9.58. The third-order valence-corrected chi connectivity index (χ3v) is 5.90. The molecule has 1 saturated heterocycles. The lowest BCUT2D eigenvalue weighted by Crippen LogP contribution is -2.51. The minimum Gasteiger partial charge on any atom is -0.466 e. The Kier molecular flexibility index (Phi) is 6.62. The van der Waals surface area contributed by atoms with Gasteiger partial charge >= 0.3 is 12.0 Å². The van der Waals surface area contributed by atoms with Crippen molar-refractivity contribution >= 4 is 29.3 Å². The van der Waals surface area contributed by atoms with Crippen molar-refractivity contribution < 1.29 is 18.7 Å². The summed E-state index contributed by atoms with van der Waals surface area (Å²) in [6.07, 6.45) is 0. The number of carbonyl (C=O) groups excluding carboxylic acids is 2. The highest BCUT2D eigenvalue weighted by molar-refractivity contribution is 6.30. The lowest BCUT2D eigenvalue weighted by atomic mass is 9.95. The van der Waals surface area contributed by atoms with Gasteiger partial charge < -0.3 is 20.3 Å². The molecule has 0 aromatic heterocycles. The van der Waals surface area contributed by atoms with Crippen LogP contribution in [-0.4, -0.2) is 56.7 Å². The van der Waals surface area contributed by atoms with Crippen LogP contribution in [0.3, 0.4) is 0 Å². The standard InChI is InChI=1S/C23H24ClFN4O3/c1-32-22(30)20-19(26-23(31)27-21(20)15-4-2-6-17(25)12-15)14-28-8-10-29(11-9-28)18-7-3-5-16(24)13-18/h2-7,12-13,21H,8-11,14H2,1H3,(H2,26,27,31). The van der Waals surface area contributed by atoms with Gasteiger partial charge in [-0.1, -0.05) is 29.8 Å². The van der Waals surface area contributed by atoms with E-state index in [1.54, 1.807) is 12.1 Å². The second-order valence-electron chi connectivity index (χ2n) is 7.71. The largest absolute Gasteiger partial charge is 0.466 e. The fraction of sp³-hybridized carbons (Fsp3) is 0.304. The van der Waals surface area contributed by atoms with E-state index in [1.165, 1.54) is 19.2 Å². The molecule has 2 aromatic rings. The van der Waals surface area contributed by atoms with Gasteiger partial charge in [0.2, 0.25) is 0 Å². The van der Waals surface area contributed by atoms with E-state index in [9.17, 15) is 14.0 Å². The summed E-state index contributed by atoms with van der Waals surface area (Å²) in [5.74, 6) is -1.02. The van der Waals surface area contributed by atoms with E-state index in [0.717, 1.165) is 31.9 Å². The maximum absolute atomic E-state index is 13.8. The second-order valence-corrected chi connectivity index (χ2v) is 8.15. The maximum Gasteiger partial charge on any atom is 0.338 e. The average Bonchev–Trinajstić information content (AvgIpc) is 2.79. The first-order chi connectivity index (χ1) is 15.4. The minimum atomic E-state index is -0.797. The molecule has 0 spiro atoms. The van der Waals surface area contributed by atoms with Crippen molar-refractivity contribution in [2.75, 3.05) is 44.7 Å². The summed E-state index contributed by atoms with van der Waals surface area (Å²) in [4.78, 5) is 29.4. The first-order valence-corrected chi connectivity index (χ1v) is 10.7. The van der Waals surface area contributed by atoms with Gasteiger partial charge in [-0.15, -0.1) is 0 Å². The molecule has 0 saturated carbocycles. The molecule has 2 heterocycles. The van der Waals surface area contributed by atoms with E-state index in [1.807, 2.05) is 24.3 Å². The molecule has 0 aliphatic carbocycles. The van der Waals surface area contributed by atoms with Crippen molar-refractivity contribution in [3.05, 3.63) is 76.2 Å². The Morgan fingerprint density at radius 2 is 1.91 bits per heavy atom. The lowest BCUT2D eigenvalue weighted by Gasteiger charge is -2.38. The molecule has 168 valence electrons. The summed E-state index contributed by atoms with van der Waals surface area (Å²) >= 11 is 6.11. The zero-order chi connectivity index (χ0) is 22.7. The summed E-state index contributed by atoms with van der Waals surface area (Å²) in [6, 6.07) is 12.3. The molecule has 1 fully saturated rings. The van der Waals surface area contributed by atoms with Crippen molar-refractivity contribution in [2.24, 2.45) is 0 Å². The highest BCUT2D eigenvalue weighted by Crippen LogP contribution is 2.29. The third kappa shape index (κ3) is 4.87. The number of benzene rings is 2. The molecule has 7 nitrogen and oxygen atoms in total. The van der Waals surface area contributed by atoms with Gasteiger partial charge in [0.1, 0.15) is 5.82 Å². The van der Waals surface area contributed by atoms with Gasteiger partial charge in [0.05, 0.1) is 18.7 Å². The van der Waals surface area contributed by atoms with Gasteiger partial charge in [0, 0.05) is 49.1 Å². The molecule has 9 heteroatoms. The maximum atomic E-state index is 13.8. The van der Waals surface area contributed by atoms with Crippen LogP contribution in [0.5, 0.6) is 0 Å². The Labute approximate surface area is 190 Å². The third-order valence-electron chi connectivity index (χ3n) is 5.67. The van der Waals surface area contributed by atoms with Crippen LogP contribution in [-0.2, 0) is 9.53 Å². The topological polar surface area (TPSA) is 73.9 Å². The molecular weight excluding hydrogens is 435 g/mol. The Morgan fingerprint density at radius 1 is 1.16 bits per heavy atom. The molecule has 0 radical (unpaired) electrons. The van der Waals surface area contributed by atoms with Crippen LogP contribution in [0.1, 0.15) is 11.6 Å². The van der Waals surface area contributed by atoms with E-state index in [-0.39, 0.29) is 5.57 Å². The molecule has 2 aliphatic heterocycles. The molecule has 1 unspecified atom stereocenters. The smallest absolute Gasteiger partial charge is 0.338 e. The van der Waals surface area contributed by atoms with Gasteiger partial charge in [-0.2, -0.15) is 0 Å². The number of piperazine rings is 1. The van der Waals surface area contributed by atoms with Crippen molar-refractivity contribution in [1.29, 1.82) is 0 Å². The van der Waals surface area contributed by atoms with E-state index in [4.69, 9.17) is 16.3 Å². The Hall–Kier alpha value is -3.10. The number of methoxy groups -OCH3 is 1. The van der Waals surface area contributed by atoms with Gasteiger partial charge in [0.15, 0.2) is 0 Å². The number of hydrogen-bond acceptors (Lipinski definition) is 5. The van der Waals surface area contributed by atoms with Crippen LogP contribution < -0.4 is 15.5 Å². The summed E-state index contributed by atoms with van der Waals surface area (Å²) in [5.41, 5.74) is 2.28. The van der Waals surface area contributed by atoms with Crippen molar-refractivity contribution in [3.63, 3.8) is 0 Å². The van der Waals surface area contributed by atoms with Gasteiger partial charge in [0.25, 0.3) is 0 Å². The SMILES string of the molecule is COC(=O)C1=C(CN2CCN(c3cccc(Cl)c3)CC2)NC(=O)NC1c1cccc(F)c1. The quantitative estimate of drug-likeness (QED) is 0.674. The molecule has 2 N–H and O–H groups in total. The van der Waals surface area contributed by atoms with Crippen LogP contribution >= 0.6 is 11.6 Å².